The number of ether oxygens (including phenoxy) is 1. The van der Waals surface area contributed by atoms with Gasteiger partial charge < -0.3 is 10.1 Å². The monoisotopic (exact) mass is 261 g/mol. The molecular formula is C14H12FNOS. The molecule has 2 rings (SSSR count). The third-order valence-corrected chi connectivity index (χ3v) is 2.52. The first kappa shape index (κ1) is 12.5. The molecule has 2 aromatic rings. The predicted octanol–water partition coefficient (Wildman–Crippen LogP) is 3.74. The minimum atomic E-state index is -0.281. The van der Waals surface area contributed by atoms with Crippen molar-refractivity contribution < 1.29 is 9.13 Å². The fourth-order valence-corrected chi connectivity index (χ4v) is 1.59. The number of thiocarbonyl (C=S) groups is 1. The van der Waals surface area contributed by atoms with Gasteiger partial charge in [-0.15, -0.1) is 0 Å². The van der Waals surface area contributed by atoms with Gasteiger partial charge in [-0.25, -0.2) is 4.39 Å². The maximum atomic E-state index is 12.7. The molecule has 0 bridgehead atoms. The molecular weight excluding hydrogens is 249 g/mol. The van der Waals surface area contributed by atoms with Crippen LogP contribution in [0.2, 0.25) is 0 Å². The van der Waals surface area contributed by atoms with Crippen molar-refractivity contribution in [2.75, 3.05) is 5.32 Å². The van der Waals surface area contributed by atoms with Crippen LogP contribution in [-0.2, 0) is 11.3 Å². The van der Waals surface area contributed by atoms with Crippen LogP contribution in [0.5, 0.6) is 0 Å². The minimum absolute atomic E-state index is 0.269. The van der Waals surface area contributed by atoms with Crippen LogP contribution in [0.1, 0.15) is 5.56 Å². The minimum Gasteiger partial charge on any atom is -0.466 e. The van der Waals surface area contributed by atoms with E-state index in [4.69, 9.17) is 17.0 Å². The zero-order valence-corrected chi connectivity index (χ0v) is 10.4. The Bertz CT molecular complexity index is 513. The van der Waals surface area contributed by atoms with Gasteiger partial charge in [0.2, 0.25) is 0 Å². The number of anilines is 1. The SMILES string of the molecule is Fc1ccc(NC(=S)OCc2ccccc2)cc1. The molecule has 0 aliphatic rings. The normalized spacial score (nSPS) is 9.83. The Kier molecular flexibility index (Phi) is 4.25. The van der Waals surface area contributed by atoms with Gasteiger partial charge in [-0.1, -0.05) is 30.3 Å². The van der Waals surface area contributed by atoms with E-state index in [0.717, 1.165) is 5.56 Å². The standard InChI is InChI=1S/C14H12FNOS/c15-12-6-8-13(9-7-12)16-14(18)17-10-11-4-2-1-3-5-11/h1-9H,10H2,(H,16,18). The third kappa shape index (κ3) is 3.82. The van der Waals surface area contributed by atoms with Crippen molar-refractivity contribution in [2.45, 2.75) is 6.61 Å². The number of hydrogen-bond donors (Lipinski definition) is 1. The summed E-state index contributed by atoms with van der Waals surface area (Å²) in [5.41, 5.74) is 1.75. The molecule has 4 heteroatoms. The van der Waals surface area contributed by atoms with E-state index in [0.29, 0.717) is 12.3 Å². The lowest BCUT2D eigenvalue weighted by Crippen LogP contribution is -2.13. The van der Waals surface area contributed by atoms with Gasteiger partial charge in [0.25, 0.3) is 5.17 Å². The average molecular weight is 261 g/mol. The van der Waals surface area contributed by atoms with E-state index >= 15 is 0 Å². The number of halogens is 1. The van der Waals surface area contributed by atoms with Crippen molar-refractivity contribution >= 4 is 23.1 Å². The van der Waals surface area contributed by atoms with Crippen LogP contribution in [0, 0.1) is 5.82 Å². The van der Waals surface area contributed by atoms with Crippen LogP contribution >= 0.6 is 12.2 Å². The zero-order valence-electron chi connectivity index (χ0n) is 9.60. The summed E-state index contributed by atoms with van der Waals surface area (Å²) in [4.78, 5) is 0. The second-order valence-corrected chi connectivity index (χ2v) is 4.06. The largest absolute Gasteiger partial charge is 0.466 e. The first-order chi connectivity index (χ1) is 8.74. The van der Waals surface area contributed by atoms with Crippen molar-refractivity contribution in [1.82, 2.24) is 0 Å². The molecule has 0 spiro atoms. The summed E-state index contributed by atoms with van der Waals surface area (Å²) >= 11 is 5.04. The lowest BCUT2D eigenvalue weighted by Gasteiger charge is -2.09. The van der Waals surface area contributed by atoms with Crippen molar-refractivity contribution in [3.63, 3.8) is 0 Å². The fourth-order valence-electron chi connectivity index (χ4n) is 1.41. The van der Waals surface area contributed by atoms with E-state index in [1.807, 2.05) is 30.3 Å². The molecule has 2 aromatic carbocycles. The highest BCUT2D eigenvalue weighted by Gasteiger charge is 2.00. The van der Waals surface area contributed by atoms with Gasteiger partial charge in [-0.05, 0) is 42.0 Å². The summed E-state index contributed by atoms with van der Waals surface area (Å²) in [7, 11) is 0. The molecule has 0 saturated carbocycles. The summed E-state index contributed by atoms with van der Waals surface area (Å²) in [6.45, 7) is 0.411. The summed E-state index contributed by atoms with van der Waals surface area (Å²) in [6, 6.07) is 15.7. The predicted molar refractivity (Wildman–Crippen MR) is 73.9 cm³/mol. The van der Waals surface area contributed by atoms with Gasteiger partial charge in [-0.2, -0.15) is 0 Å². The Morgan fingerprint density at radius 3 is 2.39 bits per heavy atom. The van der Waals surface area contributed by atoms with Crippen molar-refractivity contribution in [3.05, 3.63) is 66.0 Å². The molecule has 0 unspecified atom stereocenters. The first-order valence-electron chi connectivity index (χ1n) is 5.47. The average Bonchev–Trinajstić information content (AvgIpc) is 2.40. The second-order valence-electron chi connectivity index (χ2n) is 3.69. The van der Waals surface area contributed by atoms with Gasteiger partial charge in [0, 0.05) is 5.69 Å². The van der Waals surface area contributed by atoms with Crippen LogP contribution in [0.25, 0.3) is 0 Å². The molecule has 0 amide bonds. The molecule has 0 heterocycles. The maximum absolute atomic E-state index is 12.7. The van der Waals surface area contributed by atoms with Crippen LogP contribution < -0.4 is 5.32 Å². The molecule has 0 aliphatic heterocycles. The number of nitrogens with one attached hydrogen (secondary N) is 1. The third-order valence-electron chi connectivity index (χ3n) is 2.30. The van der Waals surface area contributed by atoms with E-state index < -0.39 is 0 Å². The lowest BCUT2D eigenvalue weighted by molar-refractivity contribution is 0.300. The summed E-state index contributed by atoms with van der Waals surface area (Å²) in [6.07, 6.45) is 0. The Morgan fingerprint density at radius 1 is 1.06 bits per heavy atom. The fraction of sp³-hybridized carbons (Fsp3) is 0.0714. The molecule has 0 saturated heterocycles. The van der Waals surface area contributed by atoms with E-state index in [1.165, 1.54) is 12.1 Å². The maximum Gasteiger partial charge on any atom is 0.261 e. The highest BCUT2D eigenvalue weighted by Crippen LogP contribution is 2.09. The molecule has 2 nitrogen and oxygen atoms in total. The molecule has 0 aromatic heterocycles. The lowest BCUT2D eigenvalue weighted by atomic mass is 10.2. The van der Waals surface area contributed by atoms with Gasteiger partial charge >= 0.3 is 0 Å². The van der Waals surface area contributed by atoms with E-state index in [-0.39, 0.29) is 11.0 Å². The highest BCUT2D eigenvalue weighted by molar-refractivity contribution is 7.80. The van der Waals surface area contributed by atoms with Gasteiger partial charge in [0.15, 0.2) is 0 Å². The molecule has 18 heavy (non-hydrogen) atoms. The topological polar surface area (TPSA) is 21.3 Å². The molecule has 1 N–H and O–H groups in total. The Balaban J connectivity index is 1.84. The van der Waals surface area contributed by atoms with Gasteiger partial charge in [-0.3, -0.25) is 0 Å². The van der Waals surface area contributed by atoms with Crippen LogP contribution in [-0.4, -0.2) is 5.17 Å². The Labute approximate surface area is 110 Å². The number of hydrogen-bond acceptors (Lipinski definition) is 2. The van der Waals surface area contributed by atoms with Crippen molar-refractivity contribution in [2.24, 2.45) is 0 Å². The van der Waals surface area contributed by atoms with Gasteiger partial charge in [0.05, 0.1) is 0 Å². The zero-order chi connectivity index (χ0) is 12.8. The quantitative estimate of drug-likeness (QED) is 0.850. The number of benzene rings is 2. The van der Waals surface area contributed by atoms with Crippen molar-refractivity contribution in [1.29, 1.82) is 0 Å². The molecule has 0 fully saturated rings. The van der Waals surface area contributed by atoms with E-state index in [1.54, 1.807) is 12.1 Å². The van der Waals surface area contributed by atoms with Crippen LogP contribution in [0.3, 0.4) is 0 Å². The van der Waals surface area contributed by atoms with E-state index in [2.05, 4.69) is 5.32 Å². The van der Waals surface area contributed by atoms with E-state index in [9.17, 15) is 4.39 Å². The summed E-state index contributed by atoms with van der Waals surface area (Å²) < 4.78 is 18.1. The smallest absolute Gasteiger partial charge is 0.261 e. The summed E-state index contributed by atoms with van der Waals surface area (Å²) in [5, 5.41) is 3.15. The summed E-state index contributed by atoms with van der Waals surface area (Å²) in [5.74, 6) is -0.281. The van der Waals surface area contributed by atoms with Crippen molar-refractivity contribution in [3.8, 4) is 0 Å². The molecule has 0 aliphatic carbocycles. The number of rotatable bonds is 3. The van der Waals surface area contributed by atoms with Crippen LogP contribution in [0.15, 0.2) is 54.6 Å². The molecule has 92 valence electrons. The second kappa shape index (κ2) is 6.12. The Hall–Kier alpha value is -1.94. The highest BCUT2D eigenvalue weighted by atomic mass is 32.1. The Morgan fingerprint density at radius 2 is 1.72 bits per heavy atom. The first-order valence-corrected chi connectivity index (χ1v) is 5.88. The molecule has 0 atom stereocenters. The van der Waals surface area contributed by atoms with Gasteiger partial charge in [0.1, 0.15) is 12.4 Å². The molecule has 0 radical (unpaired) electrons. The van der Waals surface area contributed by atoms with Crippen LogP contribution in [0.4, 0.5) is 10.1 Å².